The molecule has 0 aromatic heterocycles. The third kappa shape index (κ3) is 4.15. The number of hydrogen-bond acceptors (Lipinski definition) is 8. The predicted octanol–water partition coefficient (Wildman–Crippen LogP) is 1.79. The Labute approximate surface area is 171 Å². The van der Waals surface area contributed by atoms with Gasteiger partial charge in [-0.3, -0.25) is 4.79 Å². The zero-order valence-corrected chi connectivity index (χ0v) is 15.0. The number of esters is 1. The fraction of sp³-hybridized carbons (Fsp3) is 0.158. The molecule has 0 spiro atoms. The van der Waals surface area contributed by atoms with E-state index in [4.69, 9.17) is 20.1 Å². The van der Waals surface area contributed by atoms with Crippen LogP contribution in [0.1, 0.15) is 37.2 Å². The highest BCUT2D eigenvalue weighted by atomic mass is 32.2. The first-order valence-electron chi connectivity index (χ1n) is 11.1. The molecule has 1 aliphatic heterocycles. The predicted molar refractivity (Wildman–Crippen MR) is 98.0 cm³/mol. The molecule has 9 heteroatoms. The monoisotopic (exact) mass is 410 g/mol. The Balaban J connectivity index is 1.94. The second kappa shape index (κ2) is 7.73. The molecular weight excluding hydrogens is 386 g/mol. The van der Waals surface area contributed by atoms with Gasteiger partial charge in [-0.05, 0) is 17.7 Å². The van der Waals surface area contributed by atoms with Crippen molar-refractivity contribution in [2.24, 2.45) is 5.73 Å². The average molecular weight is 410 g/mol. The van der Waals surface area contributed by atoms with Gasteiger partial charge in [-0.25, -0.2) is 4.79 Å². The van der Waals surface area contributed by atoms with Crippen molar-refractivity contribution in [3.8, 4) is 0 Å². The molecule has 0 bridgehead atoms. The molecule has 0 aliphatic carbocycles. The molecule has 2 aromatic carbocycles. The topological polar surface area (TPSA) is 122 Å². The molecule has 2 aromatic rings. The summed E-state index contributed by atoms with van der Waals surface area (Å²) in [6.07, 6.45) is -1.47. The van der Waals surface area contributed by atoms with Crippen molar-refractivity contribution < 1.29 is 41.3 Å². The maximum absolute atomic E-state index is 12.8. The van der Waals surface area contributed by atoms with Crippen LogP contribution in [0.5, 0.6) is 0 Å². The van der Waals surface area contributed by atoms with Gasteiger partial charge in [0.05, 0.1) is 22.3 Å². The first-order chi connectivity index (χ1) is 16.2. The second-order valence-corrected chi connectivity index (χ2v) is 6.59. The van der Waals surface area contributed by atoms with Gasteiger partial charge >= 0.3 is 16.1 Å². The molecule has 146 valence electrons. The summed E-state index contributed by atoms with van der Waals surface area (Å²) in [7, 11) is -4.34. The fourth-order valence-corrected chi connectivity index (χ4v) is 3.02. The molecule has 3 rings (SSSR count). The van der Waals surface area contributed by atoms with E-state index in [9.17, 15) is 18.0 Å². The summed E-state index contributed by atoms with van der Waals surface area (Å²) in [6.45, 7) is 0. The standard InChI is InChI=1S/C19H17NO7S/c1-25-19(22)14-9-7-13(8-10-14)16-15(21)17(18(20)26-16)27-28(23,24)11-12-5-3-2-4-6-12/h2-10,16H,11,20H2,1H3/i2D,3D,4D,5D,6D,11D2. The quantitative estimate of drug-likeness (QED) is 0.565. The molecule has 28 heavy (non-hydrogen) atoms. The average Bonchev–Trinajstić information content (AvgIpc) is 3.08. The molecule has 8 nitrogen and oxygen atoms in total. The lowest BCUT2D eigenvalue weighted by Crippen LogP contribution is -2.16. The van der Waals surface area contributed by atoms with Crippen molar-refractivity contribution in [1.29, 1.82) is 0 Å². The van der Waals surface area contributed by atoms with E-state index in [-0.39, 0.29) is 11.1 Å². The Kier molecular flexibility index (Phi) is 3.37. The molecule has 0 amide bonds. The normalized spacial score (nSPS) is 20.7. The Morgan fingerprint density at radius 3 is 2.50 bits per heavy atom. The van der Waals surface area contributed by atoms with Crippen LogP contribution >= 0.6 is 0 Å². The summed E-state index contributed by atoms with van der Waals surface area (Å²) < 4.78 is 94.7. The number of rotatable bonds is 6. The number of ketones is 1. The molecule has 1 unspecified atom stereocenters. The number of nitrogens with two attached hydrogens (primary N) is 1. The van der Waals surface area contributed by atoms with E-state index in [0.29, 0.717) is 0 Å². The Bertz CT molecular complexity index is 1350. The van der Waals surface area contributed by atoms with Crippen molar-refractivity contribution >= 4 is 21.9 Å². The molecule has 1 heterocycles. The molecule has 1 aliphatic rings. The van der Waals surface area contributed by atoms with Crippen LogP contribution in [0.15, 0.2) is 66.1 Å². The fourth-order valence-electron chi connectivity index (χ4n) is 2.24. The number of methoxy groups -OCH3 is 1. The smallest absolute Gasteiger partial charge is 0.337 e. The van der Waals surface area contributed by atoms with Crippen LogP contribution < -0.4 is 5.73 Å². The van der Waals surface area contributed by atoms with Gasteiger partial charge < -0.3 is 19.4 Å². The van der Waals surface area contributed by atoms with Crippen LogP contribution in [0.4, 0.5) is 0 Å². The zero-order chi connectivity index (χ0) is 26.5. The van der Waals surface area contributed by atoms with Crippen molar-refractivity contribution in [3.63, 3.8) is 0 Å². The SMILES string of the molecule is [2H]c1c([2H])c([2H])c(C([2H])([2H])S(=O)(=O)OC2=C(N)OC(c3ccc(C(=O)OC)cc3)C2=O)c([2H])c1[2H]. The van der Waals surface area contributed by atoms with Crippen molar-refractivity contribution in [3.05, 3.63) is 82.8 Å². The van der Waals surface area contributed by atoms with Gasteiger partial charge in [-0.15, -0.1) is 0 Å². The minimum atomic E-state index is -5.51. The summed E-state index contributed by atoms with van der Waals surface area (Å²) in [6, 6.07) is 0.299. The molecular formula is C19H17NO7S. The van der Waals surface area contributed by atoms with Crippen LogP contribution in [0, 0.1) is 0 Å². The summed E-state index contributed by atoms with van der Waals surface area (Å²) in [5.41, 5.74) is 1.04. The third-order valence-corrected chi connectivity index (χ3v) is 4.33. The molecule has 1 atom stereocenters. The number of Topliss-reactive ketones (excluding diaryl/α,β-unsaturated/α-hetero) is 1. The summed E-state index contributed by atoms with van der Waals surface area (Å²) >= 11 is 0. The number of carbonyl (C=O) groups excluding carboxylic acids is 2. The van der Waals surface area contributed by atoms with Crippen molar-refractivity contribution in [1.82, 2.24) is 0 Å². The van der Waals surface area contributed by atoms with Gasteiger partial charge in [-0.2, -0.15) is 8.42 Å². The first-order valence-corrected chi connectivity index (χ1v) is 8.96. The van der Waals surface area contributed by atoms with Gasteiger partial charge in [-0.1, -0.05) is 42.3 Å². The molecule has 0 fully saturated rings. The highest BCUT2D eigenvalue weighted by Gasteiger charge is 2.39. The number of benzene rings is 2. The third-order valence-electron chi connectivity index (χ3n) is 3.49. The highest BCUT2D eigenvalue weighted by molar-refractivity contribution is 7.86. The summed E-state index contributed by atoms with van der Waals surface area (Å²) in [5, 5.41) is 0. The number of hydrogen-bond donors (Lipinski definition) is 1. The van der Waals surface area contributed by atoms with E-state index in [1.807, 2.05) is 0 Å². The molecule has 0 saturated carbocycles. The van der Waals surface area contributed by atoms with E-state index in [1.54, 1.807) is 0 Å². The van der Waals surface area contributed by atoms with Gasteiger partial charge in [0.25, 0.3) is 0 Å². The number of ether oxygens (including phenoxy) is 2. The summed E-state index contributed by atoms with van der Waals surface area (Å²) in [5.74, 6) is -3.56. The van der Waals surface area contributed by atoms with Gasteiger partial charge in [0.15, 0.2) is 6.10 Å². The van der Waals surface area contributed by atoms with Crippen LogP contribution in [0.2, 0.25) is 0 Å². The van der Waals surface area contributed by atoms with Crippen molar-refractivity contribution in [2.45, 2.75) is 11.8 Å². The zero-order valence-electron chi connectivity index (χ0n) is 21.2. The number of carbonyl (C=O) groups is 2. The van der Waals surface area contributed by atoms with Gasteiger partial charge in [0.1, 0.15) is 5.70 Å². The molecule has 0 radical (unpaired) electrons. The molecule has 0 saturated heterocycles. The van der Waals surface area contributed by atoms with Crippen LogP contribution in [-0.2, 0) is 34.3 Å². The van der Waals surface area contributed by atoms with Gasteiger partial charge in [0, 0.05) is 5.56 Å². The van der Waals surface area contributed by atoms with E-state index in [2.05, 4.69) is 8.92 Å². The maximum Gasteiger partial charge on any atom is 0.337 e. The first kappa shape index (κ1) is 12.2. The van der Waals surface area contributed by atoms with Crippen LogP contribution in [0.25, 0.3) is 0 Å². The second-order valence-electron chi connectivity index (χ2n) is 5.31. The minimum Gasteiger partial charge on any atom is -0.465 e. The van der Waals surface area contributed by atoms with Crippen LogP contribution in [-0.4, -0.2) is 27.3 Å². The van der Waals surface area contributed by atoms with Crippen LogP contribution in [0.3, 0.4) is 0 Å². The lowest BCUT2D eigenvalue weighted by Gasteiger charge is -2.10. The van der Waals surface area contributed by atoms with E-state index in [0.717, 1.165) is 0 Å². The Morgan fingerprint density at radius 1 is 1.25 bits per heavy atom. The van der Waals surface area contributed by atoms with Crippen molar-refractivity contribution in [2.75, 3.05) is 7.11 Å². The lowest BCUT2D eigenvalue weighted by molar-refractivity contribution is -0.123. The van der Waals surface area contributed by atoms with Gasteiger partial charge in [0.2, 0.25) is 17.4 Å². The maximum atomic E-state index is 12.8. The molecule has 2 N–H and O–H groups in total. The Hall–Kier alpha value is -3.33. The van der Waals surface area contributed by atoms with E-state index < -0.39 is 81.1 Å². The van der Waals surface area contributed by atoms with E-state index >= 15 is 0 Å². The summed E-state index contributed by atoms with van der Waals surface area (Å²) in [4.78, 5) is 24.4. The minimum absolute atomic E-state index is 0.161. The highest BCUT2D eigenvalue weighted by Crippen LogP contribution is 2.32. The Morgan fingerprint density at radius 2 is 1.89 bits per heavy atom. The largest absolute Gasteiger partial charge is 0.465 e. The van der Waals surface area contributed by atoms with E-state index in [1.165, 1.54) is 31.4 Å². The lowest BCUT2D eigenvalue weighted by atomic mass is 10.0.